The normalized spacial score (nSPS) is 10.4. The maximum absolute atomic E-state index is 9.15. The van der Waals surface area contributed by atoms with Gasteiger partial charge in [0.1, 0.15) is 17.3 Å². The molecule has 0 atom stereocenters. The highest BCUT2D eigenvalue weighted by molar-refractivity contribution is 5.61. The number of imidazole rings is 1. The molecule has 0 aliphatic rings. The summed E-state index contributed by atoms with van der Waals surface area (Å²) in [4.78, 5) is 7.46. The fourth-order valence-electron chi connectivity index (χ4n) is 1.73. The molecule has 0 aliphatic heterocycles. The van der Waals surface area contributed by atoms with E-state index in [1.165, 1.54) is 0 Å². The molecule has 2 aromatic rings. The maximum Gasteiger partial charge on any atom is 0.138 e. The zero-order valence-electron chi connectivity index (χ0n) is 10.7. The van der Waals surface area contributed by atoms with Gasteiger partial charge in [0, 0.05) is 17.3 Å². The van der Waals surface area contributed by atoms with Gasteiger partial charge in [-0.2, -0.15) is 0 Å². The second kappa shape index (κ2) is 5.10. The van der Waals surface area contributed by atoms with Gasteiger partial charge in [0.2, 0.25) is 0 Å². The highest BCUT2D eigenvalue weighted by Gasteiger charge is 2.10. The summed E-state index contributed by atoms with van der Waals surface area (Å²) in [6.45, 7) is 1.79. The number of aromatic amines is 1. The minimum absolute atomic E-state index is 0.0799. The number of aliphatic hydroxyl groups is 1. The number of aliphatic hydroxyl groups excluding tert-OH is 1. The molecule has 1 aromatic carbocycles. The first-order valence-corrected chi connectivity index (χ1v) is 5.57. The lowest BCUT2D eigenvalue weighted by molar-refractivity contribution is 0.276. The van der Waals surface area contributed by atoms with Gasteiger partial charge < -0.3 is 19.6 Å². The molecule has 0 fully saturated rings. The fourth-order valence-corrected chi connectivity index (χ4v) is 1.73. The summed E-state index contributed by atoms with van der Waals surface area (Å²) in [5, 5.41) is 9.15. The number of H-pyrrole nitrogens is 1. The number of nitrogens with zero attached hydrogens (tertiary/aromatic N) is 1. The van der Waals surface area contributed by atoms with Crippen molar-refractivity contribution in [3.63, 3.8) is 0 Å². The van der Waals surface area contributed by atoms with E-state index in [1.807, 2.05) is 19.1 Å². The highest BCUT2D eigenvalue weighted by atomic mass is 16.5. The molecule has 96 valence electrons. The van der Waals surface area contributed by atoms with Crippen molar-refractivity contribution in [2.24, 2.45) is 0 Å². The average molecular weight is 248 g/mol. The Bertz CT molecular complexity index is 527. The molecular weight excluding hydrogens is 232 g/mol. The minimum atomic E-state index is -0.0799. The third kappa shape index (κ3) is 2.31. The van der Waals surface area contributed by atoms with Gasteiger partial charge in [-0.25, -0.2) is 4.98 Å². The Morgan fingerprint density at radius 2 is 1.78 bits per heavy atom. The van der Waals surface area contributed by atoms with Gasteiger partial charge in [0.15, 0.2) is 0 Å². The predicted molar refractivity (Wildman–Crippen MR) is 67.8 cm³/mol. The molecule has 0 radical (unpaired) electrons. The number of ether oxygens (including phenoxy) is 2. The number of rotatable bonds is 4. The van der Waals surface area contributed by atoms with Crippen molar-refractivity contribution in [1.82, 2.24) is 9.97 Å². The Morgan fingerprint density at radius 3 is 2.22 bits per heavy atom. The standard InChI is InChI=1S/C13H16N2O3/c1-8-12(7-16)15-13(14-8)9-4-10(17-2)6-11(5-9)18-3/h4-6,16H,7H2,1-3H3,(H,14,15). The van der Waals surface area contributed by atoms with Crippen LogP contribution in [0.25, 0.3) is 11.4 Å². The average Bonchev–Trinajstić information content (AvgIpc) is 2.79. The van der Waals surface area contributed by atoms with Crippen molar-refractivity contribution < 1.29 is 14.6 Å². The van der Waals surface area contributed by atoms with E-state index in [-0.39, 0.29) is 6.61 Å². The van der Waals surface area contributed by atoms with Gasteiger partial charge in [-0.15, -0.1) is 0 Å². The Balaban J connectivity index is 2.48. The lowest BCUT2D eigenvalue weighted by Gasteiger charge is -2.06. The van der Waals surface area contributed by atoms with Crippen molar-refractivity contribution in [3.05, 3.63) is 29.6 Å². The lowest BCUT2D eigenvalue weighted by Crippen LogP contribution is -1.90. The molecular formula is C13H16N2O3. The van der Waals surface area contributed by atoms with Crippen LogP contribution >= 0.6 is 0 Å². The quantitative estimate of drug-likeness (QED) is 0.867. The number of benzene rings is 1. The first-order chi connectivity index (χ1) is 8.67. The molecule has 0 bridgehead atoms. The Labute approximate surface area is 105 Å². The van der Waals surface area contributed by atoms with Crippen LogP contribution in [-0.2, 0) is 6.61 Å². The van der Waals surface area contributed by atoms with E-state index >= 15 is 0 Å². The van der Waals surface area contributed by atoms with E-state index in [0.29, 0.717) is 23.0 Å². The Morgan fingerprint density at radius 1 is 1.17 bits per heavy atom. The zero-order valence-corrected chi connectivity index (χ0v) is 10.7. The van der Waals surface area contributed by atoms with Gasteiger partial charge in [-0.3, -0.25) is 0 Å². The summed E-state index contributed by atoms with van der Waals surface area (Å²) in [6, 6.07) is 5.52. The Hall–Kier alpha value is -2.01. The molecule has 0 saturated heterocycles. The highest BCUT2D eigenvalue weighted by Crippen LogP contribution is 2.28. The van der Waals surface area contributed by atoms with Gasteiger partial charge in [-0.1, -0.05) is 0 Å². The zero-order chi connectivity index (χ0) is 13.1. The van der Waals surface area contributed by atoms with Crippen LogP contribution in [0.4, 0.5) is 0 Å². The van der Waals surface area contributed by atoms with Gasteiger partial charge in [0.25, 0.3) is 0 Å². The second-order valence-electron chi connectivity index (χ2n) is 3.92. The van der Waals surface area contributed by atoms with E-state index < -0.39 is 0 Å². The van der Waals surface area contributed by atoms with E-state index in [1.54, 1.807) is 20.3 Å². The molecule has 0 spiro atoms. The molecule has 1 heterocycles. The first-order valence-electron chi connectivity index (χ1n) is 5.57. The van der Waals surface area contributed by atoms with Crippen LogP contribution in [0, 0.1) is 6.92 Å². The largest absolute Gasteiger partial charge is 0.497 e. The van der Waals surface area contributed by atoms with Crippen LogP contribution < -0.4 is 9.47 Å². The molecule has 5 heteroatoms. The monoisotopic (exact) mass is 248 g/mol. The van der Waals surface area contributed by atoms with Gasteiger partial charge >= 0.3 is 0 Å². The van der Waals surface area contributed by atoms with E-state index in [9.17, 15) is 0 Å². The van der Waals surface area contributed by atoms with Crippen molar-refractivity contribution in [2.45, 2.75) is 13.5 Å². The molecule has 0 unspecified atom stereocenters. The topological polar surface area (TPSA) is 67.4 Å². The summed E-state index contributed by atoms with van der Waals surface area (Å²) >= 11 is 0. The smallest absolute Gasteiger partial charge is 0.138 e. The van der Waals surface area contributed by atoms with Crippen LogP contribution in [0.5, 0.6) is 11.5 Å². The summed E-state index contributed by atoms with van der Waals surface area (Å²) < 4.78 is 10.4. The van der Waals surface area contributed by atoms with Crippen LogP contribution in [0.1, 0.15) is 11.4 Å². The predicted octanol–water partition coefficient (Wildman–Crippen LogP) is 1.89. The molecule has 0 aliphatic carbocycles. The van der Waals surface area contributed by atoms with Crippen LogP contribution in [0.3, 0.4) is 0 Å². The number of nitrogens with one attached hydrogen (secondary N) is 1. The third-order valence-electron chi connectivity index (χ3n) is 2.76. The first kappa shape index (κ1) is 12.4. The molecule has 5 nitrogen and oxygen atoms in total. The van der Waals surface area contributed by atoms with E-state index in [2.05, 4.69) is 9.97 Å². The van der Waals surface area contributed by atoms with Crippen LogP contribution in [-0.4, -0.2) is 29.3 Å². The third-order valence-corrected chi connectivity index (χ3v) is 2.76. The summed E-state index contributed by atoms with van der Waals surface area (Å²) in [6.07, 6.45) is 0. The molecule has 0 amide bonds. The Kier molecular flexibility index (Phi) is 3.53. The van der Waals surface area contributed by atoms with Crippen molar-refractivity contribution in [2.75, 3.05) is 14.2 Å². The van der Waals surface area contributed by atoms with Gasteiger partial charge in [-0.05, 0) is 19.1 Å². The van der Waals surface area contributed by atoms with Crippen molar-refractivity contribution >= 4 is 0 Å². The van der Waals surface area contributed by atoms with Gasteiger partial charge in [0.05, 0.1) is 26.5 Å². The maximum atomic E-state index is 9.15. The number of hydrogen-bond donors (Lipinski definition) is 2. The number of hydrogen-bond acceptors (Lipinski definition) is 4. The van der Waals surface area contributed by atoms with E-state index in [4.69, 9.17) is 14.6 Å². The van der Waals surface area contributed by atoms with Crippen LogP contribution in [0.2, 0.25) is 0 Å². The SMILES string of the molecule is COc1cc(OC)cc(-c2nc(CO)c(C)[nH]2)c1. The van der Waals surface area contributed by atoms with Crippen molar-refractivity contribution in [3.8, 4) is 22.9 Å². The summed E-state index contributed by atoms with van der Waals surface area (Å²) in [7, 11) is 3.20. The van der Waals surface area contributed by atoms with Crippen LogP contribution in [0.15, 0.2) is 18.2 Å². The van der Waals surface area contributed by atoms with Crippen molar-refractivity contribution in [1.29, 1.82) is 0 Å². The number of aryl methyl sites for hydroxylation is 1. The van der Waals surface area contributed by atoms with E-state index in [0.717, 1.165) is 11.3 Å². The number of aromatic nitrogens is 2. The molecule has 2 rings (SSSR count). The summed E-state index contributed by atoms with van der Waals surface area (Å²) in [5.74, 6) is 2.08. The molecule has 1 aromatic heterocycles. The minimum Gasteiger partial charge on any atom is -0.497 e. The molecule has 2 N–H and O–H groups in total. The second-order valence-corrected chi connectivity index (χ2v) is 3.92. The summed E-state index contributed by atoms with van der Waals surface area (Å²) in [5.41, 5.74) is 2.36. The lowest BCUT2D eigenvalue weighted by atomic mass is 10.2. The molecule has 18 heavy (non-hydrogen) atoms. The number of methoxy groups -OCH3 is 2. The fraction of sp³-hybridized carbons (Fsp3) is 0.308. The molecule has 0 saturated carbocycles.